The number of halogens is 2. The first-order valence-corrected chi connectivity index (χ1v) is 9.45. The summed E-state index contributed by atoms with van der Waals surface area (Å²) in [6.45, 7) is 2.17. The van der Waals surface area contributed by atoms with Gasteiger partial charge in [-0.2, -0.15) is 0 Å². The maximum atomic E-state index is 12.9. The molecule has 0 heterocycles. The lowest BCUT2D eigenvalue weighted by Crippen LogP contribution is -2.33. The van der Waals surface area contributed by atoms with Gasteiger partial charge in [-0.25, -0.2) is 4.39 Å². The first-order chi connectivity index (χ1) is 12.4. The molecule has 0 aliphatic heterocycles. The van der Waals surface area contributed by atoms with Crippen molar-refractivity contribution in [3.63, 3.8) is 0 Å². The minimum Gasteiger partial charge on any atom is -0.340 e. The first-order valence-electron chi connectivity index (χ1n) is 8.02. The van der Waals surface area contributed by atoms with Crippen molar-refractivity contribution in [3.05, 3.63) is 64.9 Å². The van der Waals surface area contributed by atoms with Crippen molar-refractivity contribution in [2.24, 2.45) is 0 Å². The molecule has 0 aliphatic carbocycles. The highest BCUT2D eigenvalue weighted by molar-refractivity contribution is 8.01. The summed E-state index contributed by atoms with van der Waals surface area (Å²) in [5.74, 6) is -0.554. The molecule has 0 radical (unpaired) electrons. The van der Waals surface area contributed by atoms with Crippen molar-refractivity contribution in [2.75, 3.05) is 18.1 Å². The molecule has 7 heteroatoms. The monoisotopic (exact) mass is 394 g/mol. The van der Waals surface area contributed by atoms with E-state index in [1.807, 2.05) is 18.2 Å². The van der Waals surface area contributed by atoms with E-state index in [1.54, 1.807) is 24.9 Å². The molecular formula is C19H20ClFN2O2S. The average molecular weight is 395 g/mol. The van der Waals surface area contributed by atoms with Gasteiger partial charge in [0.2, 0.25) is 11.8 Å². The van der Waals surface area contributed by atoms with Gasteiger partial charge < -0.3 is 10.2 Å². The van der Waals surface area contributed by atoms with Crippen LogP contribution in [0.3, 0.4) is 0 Å². The zero-order chi connectivity index (χ0) is 19.1. The van der Waals surface area contributed by atoms with Crippen molar-refractivity contribution in [1.82, 2.24) is 4.90 Å². The topological polar surface area (TPSA) is 49.4 Å². The predicted octanol–water partition coefficient (Wildman–Crippen LogP) is 4.20. The minimum atomic E-state index is -0.374. The van der Waals surface area contributed by atoms with Crippen LogP contribution in [0, 0.1) is 5.82 Å². The second-order valence-corrected chi connectivity index (χ2v) is 7.53. The van der Waals surface area contributed by atoms with Crippen LogP contribution in [-0.2, 0) is 16.1 Å². The van der Waals surface area contributed by atoms with Crippen molar-refractivity contribution >= 4 is 40.9 Å². The summed E-state index contributed by atoms with van der Waals surface area (Å²) in [6, 6.07) is 12.9. The predicted molar refractivity (Wildman–Crippen MR) is 105 cm³/mol. The number of carbonyl (C=O) groups is 2. The zero-order valence-corrected chi connectivity index (χ0v) is 16.1. The number of anilines is 1. The van der Waals surface area contributed by atoms with Gasteiger partial charge in [0, 0.05) is 24.3 Å². The summed E-state index contributed by atoms with van der Waals surface area (Å²) in [7, 11) is 1.71. The Morgan fingerprint density at radius 1 is 1.19 bits per heavy atom. The molecule has 0 aromatic heterocycles. The number of benzene rings is 2. The van der Waals surface area contributed by atoms with E-state index in [1.165, 1.54) is 36.0 Å². The number of thioether (sulfide) groups is 1. The van der Waals surface area contributed by atoms with Crippen LogP contribution in [0.5, 0.6) is 0 Å². The molecule has 2 aromatic carbocycles. The first kappa shape index (κ1) is 20.3. The van der Waals surface area contributed by atoms with E-state index in [0.717, 1.165) is 5.56 Å². The van der Waals surface area contributed by atoms with Crippen LogP contribution in [0.15, 0.2) is 48.5 Å². The number of amides is 2. The minimum absolute atomic E-state index is 0.0792. The van der Waals surface area contributed by atoms with Crippen LogP contribution in [0.1, 0.15) is 12.5 Å². The van der Waals surface area contributed by atoms with Crippen LogP contribution in [0.4, 0.5) is 10.1 Å². The van der Waals surface area contributed by atoms with Crippen LogP contribution in [0.25, 0.3) is 0 Å². The Morgan fingerprint density at radius 2 is 1.85 bits per heavy atom. The number of nitrogens with one attached hydrogen (secondary N) is 1. The molecule has 1 N–H and O–H groups in total. The van der Waals surface area contributed by atoms with Gasteiger partial charge in [0.05, 0.1) is 11.0 Å². The Morgan fingerprint density at radius 3 is 2.50 bits per heavy atom. The number of hydrogen-bond donors (Lipinski definition) is 1. The summed E-state index contributed by atoms with van der Waals surface area (Å²) in [5, 5.41) is 2.91. The third-order valence-electron chi connectivity index (χ3n) is 3.68. The molecule has 2 rings (SSSR count). The molecule has 0 saturated heterocycles. The van der Waals surface area contributed by atoms with Gasteiger partial charge in [0.1, 0.15) is 5.82 Å². The SMILES string of the molecule is CC(SCC(=O)Nc1ccc(F)cc1)C(=O)N(C)Cc1ccccc1Cl. The quantitative estimate of drug-likeness (QED) is 0.765. The summed E-state index contributed by atoms with van der Waals surface area (Å²) < 4.78 is 12.9. The normalized spacial score (nSPS) is 11.7. The van der Waals surface area contributed by atoms with E-state index in [0.29, 0.717) is 17.3 Å². The van der Waals surface area contributed by atoms with Gasteiger partial charge in [-0.1, -0.05) is 29.8 Å². The Labute approximate surface area is 161 Å². The maximum Gasteiger partial charge on any atom is 0.235 e. The van der Waals surface area contributed by atoms with Gasteiger partial charge in [0.15, 0.2) is 0 Å². The Kier molecular flexibility index (Phi) is 7.48. The summed E-state index contributed by atoms with van der Waals surface area (Å²) >= 11 is 7.37. The standard InChI is InChI=1S/C19H20ClFN2O2S/c1-13(19(25)23(2)11-14-5-3-4-6-17(14)20)26-12-18(24)22-16-9-7-15(21)8-10-16/h3-10,13H,11-12H2,1-2H3,(H,22,24). The number of rotatable bonds is 7. The molecule has 1 unspecified atom stereocenters. The van der Waals surface area contributed by atoms with E-state index in [2.05, 4.69) is 5.32 Å². The maximum absolute atomic E-state index is 12.9. The molecule has 0 saturated carbocycles. The third kappa shape index (κ3) is 6.04. The van der Waals surface area contributed by atoms with Crippen LogP contribution in [-0.4, -0.2) is 34.8 Å². The molecule has 0 aliphatic rings. The van der Waals surface area contributed by atoms with Crippen LogP contribution in [0.2, 0.25) is 5.02 Å². The Bertz CT molecular complexity index is 770. The molecule has 138 valence electrons. The molecule has 0 bridgehead atoms. The van der Waals surface area contributed by atoms with Crippen LogP contribution < -0.4 is 5.32 Å². The van der Waals surface area contributed by atoms with E-state index in [4.69, 9.17) is 11.6 Å². The molecule has 4 nitrogen and oxygen atoms in total. The second-order valence-electron chi connectivity index (χ2n) is 5.79. The molecule has 0 fully saturated rings. The molecule has 26 heavy (non-hydrogen) atoms. The lowest BCUT2D eigenvalue weighted by atomic mass is 10.2. The highest BCUT2D eigenvalue weighted by Crippen LogP contribution is 2.19. The van der Waals surface area contributed by atoms with Crippen molar-refractivity contribution in [3.8, 4) is 0 Å². The molecule has 2 aromatic rings. The molecule has 1 atom stereocenters. The lowest BCUT2D eigenvalue weighted by Gasteiger charge is -2.21. The summed E-state index contributed by atoms with van der Waals surface area (Å²) in [5.41, 5.74) is 1.39. The zero-order valence-electron chi connectivity index (χ0n) is 14.5. The molecule has 2 amide bonds. The Balaban J connectivity index is 1.81. The Hall–Kier alpha value is -2.05. The molecule has 0 spiro atoms. The van der Waals surface area contributed by atoms with Gasteiger partial charge in [0.25, 0.3) is 0 Å². The molecular weight excluding hydrogens is 375 g/mol. The lowest BCUT2D eigenvalue weighted by molar-refractivity contribution is -0.129. The van der Waals surface area contributed by atoms with Crippen molar-refractivity contribution in [2.45, 2.75) is 18.7 Å². The average Bonchev–Trinajstić information content (AvgIpc) is 2.63. The van der Waals surface area contributed by atoms with E-state index >= 15 is 0 Å². The van der Waals surface area contributed by atoms with Gasteiger partial charge in [-0.05, 0) is 42.8 Å². The highest BCUT2D eigenvalue weighted by atomic mass is 35.5. The highest BCUT2D eigenvalue weighted by Gasteiger charge is 2.20. The van der Waals surface area contributed by atoms with E-state index in [9.17, 15) is 14.0 Å². The van der Waals surface area contributed by atoms with E-state index < -0.39 is 0 Å². The fraction of sp³-hybridized carbons (Fsp3) is 0.263. The van der Waals surface area contributed by atoms with Crippen molar-refractivity contribution < 1.29 is 14.0 Å². The van der Waals surface area contributed by atoms with Gasteiger partial charge >= 0.3 is 0 Å². The summed E-state index contributed by atoms with van der Waals surface area (Å²) in [6.07, 6.45) is 0. The smallest absolute Gasteiger partial charge is 0.235 e. The number of carbonyl (C=O) groups excluding carboxylic acids is 2. The fourth-order valence-corrected chi connectivity index (χ4v) is 3.26. The number of hydrogen-bond acceptors (Lipinski definition) is 3. The fourth-order valence-electron chi connectivity index (χ4n) is 2.27. The van der Waals surface area contributed by atoms with Gasteiger partial charge in [-0.3, -0.25) is 9.59 Å². The van der Waals surface area contributed by atoms with Crippen molar-refractivity contribution in [1.29, 1.82) is 0 Å². The van der Waals surface area contributed by atoms with Crippen LogP contribution >= 0.6 is 23.4 Å². The van der Waals surface area contributed by atoms with Gasteiger partial charge in [-0.15, -0.1) is 11.8 Å². The largest absolute Gasteiger partial charge is 0.340 e. The van der Waals surface area contributed by atoms with E-state index in [-0.39, 0.29) is 28.6 Å². The second kappa shape index (κ2) is 9.59. The third-order valence-corrected chi connectivity index (χ3v) is 5.18. The number of nitrogens with zero attached hydrogens (tertiary/aromatic N) is 1. The summed E-state index contributed by atoms with van der Waals surface area (Å²) in [4.78, 5) is 26.0.